The summed E-state index contributed by atoms with van der Waals surface area (Å²) in [6.07, 6.45) is 0.635. The van der Waals surface area contributed by atoms with Crippen molar-refractivity contribution in [3.05, 3.63) is 29.8 Å². The quantitative estimate of drug-likeness (QED) is 0.844. The van der Waals surface area contributed by atoms with Gasteiger partial charge >= 0.3 is 5.97 Å². The number of benzene rings is 1. The number of amides is 1. The Morgan fingerprint density at radius 1 is 1.24 bits per heavy atom. The highest BCUT2D eigenvalue weighted by atomic mass is 16.5. The molecule has 5 heteroatoms. The summed E-state index contributed by atoms with van der Waals surface area (Å²) in [4.78, 5) is 22.7. The third kappa shape index (κ3) is 6.40. The van der Waals surface area contributed by atoms with Gasteiger partial charge in [0.05, 0.1) is 11.2 Å². The molecular formula is C16H23NO4. The molecule has 1 rings (SSSR count). The molecule has 1 aromatic rings. The highest BCUT2D eigenvalue weighted by Crippen LogP contribution is 2.14. The fraction of sp³-hybridized carbons (Fsp3) is 0.500. The SMILES string of the molecule is C[C@H](CCOC(C)(C)C)C(=O)Nc1ccc(C(=O)O)cc1. The number of aromatic carboxylic acids is 1. The maximum absolute atomic E-state index is 12.0. The molecule has 0 unspecified atom stereocenters. The number of hydrogen-bond acceptors (Lipinski definition) is 3. The lowest BCUT2D eigenvalue weighted by molar-refractivity contribution is -0.120. The maximum atomic E-state index is 12.0. The maximum Gasteiger partial charge on any atom is 0.335 e. The van der Waals surface area contributed by atoms with E-state index in [-0.39, 0.29) is 23.0 Å². The van der Waals surface area contributed by atoms with E-state index >= 15 is 0 Å². The molecule has 0 saturated heterocycles. The molecule has 116 valence electrons. The molecule has 0 fully saturated rings. The Balaban J connectivity index is 2.46. The molecule has 0 spiro atoms. The monoisotopic (exact) mass is 293 g/mol. The van der Waals surface area contributed by atoms with Crippen LogP contribution < -0.4 is 5.32 Å². The Morgan fingerprint density at radius 2 is 1.81 bits per heavy atom. The van der Waals surface area contributed by atoms with Gasteiger partial charge in [-0.3, -0.25) is 4.79 Å². The molecule has 0 aliphatic carbocycles. The summed E-state index contributed by atoms with van der Waals surface area (Å²) in [7, 11) is 0. The first kappa shape index (κ1) is 17.2. The Morgan fingerprint density at radius 3 is 2.29 bits per heavy atom. The zero-order valence-electron chi connectivity index (χ0n) is 13.0. The molecule has 21 heavy (non-hydrogen) atoms. The van der Waals surface area contributed by atoms with Crippen LogP contribution in [0.2, 0.25) is 0 Å². The minimum absolute atomic E-state index is 0.101. The smallest absolute Gasteiger partial charge is 0.335 e. The largest absolute Gasteiger partial charge is 0.478 e. The van der Waals surface area contributed by atoms with Gasteiger partial charge in [0.2, 0.25) is 5.91 Å². The molecule has 0 saturated carbocycles. The second-order valence-corrected chi connectivity index (χ2v) is 6.02. The van der Waals surface area contributed by atoms with Crippen LogP contribution >= 0.6 is 0 Å². The third-order valence-corrected chi connectivity index (χ3v) is 2.93. The van der Waals surface area contributed by atoms with Crippen LogP contribution in [0.4, 0.5) is 5.69 Å². The van der Waals surface area contributed by atoms with Crippen molar-refractivity contribution in [2.75, 3.05) is 11.9 Å². The van der Waals surface area contributed by atoms with Crippen LogP contribution in [-0.2, 0) is 9.53 Å². The van der Waals surface area contributed by atoms with Crippen LogP contribution in [-0.4, -0.2) is 29.2 Å². The average Bonchev–Trinajstić information content (AvgIpc) is 2.37. The summed E-state index contributed by atoms with van der Waals surface area (Å²) in [6, 6.07) is 6.09. The van der Waals surface area contributed by atoms with Crippen molar-refractivity contribution >= 4 is 17.6 Å². The molecule has 0 bridgehead atoms. The van der Waals surface area contributed by atoms with Gasteiger partial charge in [0.25, 0.3) is 0 Å². The molecule has 0 aromatic heterocycles. The Labute approximate surface area is 125 Å². The van der Waals surface area contributed by atoms with E-state index in [1.165, 1.54) is 12.1 Å². The molecule has 0 heterocycles. The molecule has 0 aliphatic heterocycles. The minimum Gasteiger partial charge on any atom is -0.478 e. The summed E-state index contributed by atoms with van der Waals surface area (Å²) in [5.74, 6) is -1.26. The molecule has 0 radical (unpaired) electrons. The summed E-state index contributed by atoms with van der Waals surface area (Å²) in [6.45, 7) is 8.29. The fourth-order valence-electron chi connectivity index (χ4n) is 1.63. The van der Waals surface area contributed by atoms with Crippen LogP contribution in [0, 0.1) is 5.92 Å². The van der Waals surface area contributed by atoms with Crippen LogP contribution in [0.3, 0.4) is 0 Å². The van der Waals surface area contributed by atoms with Crippen molar-refractivity contribution in [2.24, 2.45) is 5.92 Å². The van der Waals surface area contributed by atoms with Crippen molar-refractivity contribution in [3.63, 3.8) is 0 Å². The second-order valence-electron chi connectivity index (χ2n) is 6.02. The van der Waals surface area contributed by atoms with E-state index in [2.05, 4.69) is 5.32 Å². The molecular weight excluding hydrogens is 270 g/mol. The zero-order chi connectivity index (χ0) is 16.0. The van der Waals surface area contributed by atoms with Crippen LogP contribution in [0.25, 0.3) is 0 Å². The van der Waals surface area contributed by atoms with Gasteiger partial charge in [0, 0.05) is 18.2 Å². The van der Waals surface area contributed by atoms with Crippen molar-refractivity contribution in [2.45, 2.75) is 39.7 Å². The number of rotatable bonds is 6. The van der Waals surface area contributed by atoms with Crippen LogP contribution in [0.5, 0.6) is 0 Å². The summed E-state index contributed by atoms with van der Waals surface area (Å²) >= 11 is 0. The molecule has 1 aromatic carbocycles. The molecule has 1 atom stereocenters. The Kier molecular flexibility index (Phi) is 5.90. The topological polar surface area (TPSA) is 75.6 Å². The van der Waals surface area contributed by atoms with E-state index in [0.29, 0.717) is 18.7 Å². The number of ether oxygens (including phenoxy) is 1. The molecule has 5 nitrogen and oxygen atoms in total. The van der Waals surface area contributed by atoms with E-state index in [1.807, 2.05) is 27.7 Å². The minimum atomic E-state index is -0.986. The first-order valence-electron chi connectivity index (χ1n) is 6.97. The Hall–Kier alpha value is -1.88. The third-order valence-electron chi connectivity index (χ3n) is 2.93. The van der Waals surface area contributed by atoms with Crippen molar-refractivity contribution < 1.29 is 19.4 Å². The predicted molar refractivity (Wildman–Crippen MR) is 81.5 cm³/mol. The van der Waals surface area contributed by atoms with Crippen molar-refractivity contribution in [3.8, 4) is 0 Å². The highest BCUT2D eigenvalue weighted by molar-refractivity contribution is 5.93. The van der Waals surface area contributed by atoms with E-state index in [9.17, 15) is 9.59 Å². The van der Waals surface area contributed by atoms with Crippen LogP contribution in [0.15, 0.2) is 24.3 Å². The lowest BCUT2D eigenvalue weighted by Gasteiger charge is -2.20. The first-order valence-corrected chi connectivity index (χ1v) is 6.97. The number of nitrogens with one attached hydrogen (secondary N) is 1. The number of carbonyl (C=O) groups is 2. The van der Waals surface area contributed by atoms with Gasteiger partial charge in [0.15, 0.2) is 0 Å². The zero-order valence-corrected chi connectivity index (χ0v) is 13.0. The van der Waals surface area contributed by atoms with Gasteiger partial charge in [-0.2, -0.15) is 0 Å². The lowest BCUT2D eigenvalue weighted by atomic mass is 10.1. The van der Waals surface area contributed by atoms with Gasteiger partial charge in [-0.1, -0.05) is 6.92 Å². The van der Waals surface area contributed by atoms with Gasteiger partial charge in [-0.05, 0) is 51.5 Å². The fourth-order valence-corrected chi connectivity index (χ4v) is 1.63. The standard InChI is InChI=1S/C16H23NO4/c1-11(9-10-21-16(2,3)4)14(18)17-13-7-5-12(6-8-13)15(19)20/h5-8,11H,9-10H2,1-4H3,(H,17,18)(H,19,20)/t11-/m1/s1. The normalized spacial score (nSPS) is 12.8. The summed E-state index contributed by atoms with van der Waals surface area (Å²) < 4.78 is 5.60. The molecule has 2 N–H and O–H groups in total. The summed E-state index contributed by atoms with van der Waals surface area (Å²) in [5.41, 5.74) is 0.580. The molecule has 0 aliphatic rings. The average molecular weight is 293 g/mol. The number of anilines is 1. The first-order chi connectivity index (χ1) is 9.69. The number of carbonyl (C=O) groups excluding carboxylic acids is 1. The summed E-state index contributed by atoms with van der Waals surface area (Å²) in [5, 5.41) is 11.6. The van der Waals surface area contributed by atoms with Crippen LogP contribution in [0.1, 0.15) is 44.5 Å². The van der Waals surface area contributed by atoms with Gasteiger partial charge in [-0.15, -0.1) is 0 Å². The number of carboxylic acids is 1. The highest BCUT2D eigenvalue weighted by Gasteiger charge is 2.16. The van der Waals surface area contributed by atoms with Crippen molar-refractivity contribution in [1.29, 1.82) is 0 Å². The van der Waals surface area contributed by atoms with E-state index < -0.39 is 5.97 Å². The van der Waals surface area contributed by atoms with Gasteiger partial charge < -0.3 is 15.2 Å². The predicted octanol–water partition coefficient (Wildman–Crippen LogP) is 3.16. The van der Waals surface area contributed by atoms with Gasteiger partial charge in [0.1, 0.15) is 0 Å². The van der Waals surface area contributed by atoms with E-state index in [0.717, 1.165) is 0 Å². The second kappa shape index (κ2) is 7.22. The van der Waals surface area contributed by atoms with E-state index in [1.54, 1.807) is 12.1 Å². The number of carboxylic acid groups (broad SMARTS) is 1. The molecule has 1 amide bonds. The van der Waals surface area contributed by atoms with Gasteiger partial charge in [-0.25, -0.2) is 4.79 Å². The lowest BCUT2D eigenvalue weighted by Crippen LogP contribution is -2.25. The van der Waals surface area contributed by atoms with E-state index in [4.69, 9.17) is 9.84 Å². The Bertz CT molecular complexity index is 488. The number of hydrogen-bond donors (Lipinski definition) is 2. The van der Waals surface area contributed by atoms with Crippen molar-refractivity contribution in [1.82, 2.24) is 0 Å².